The molecule has 1 aromatic carbocycles. The number of hydrogen-bond acceptors (Lipinski definition) is 6. The summed E-state index contributed by atoms with van der Waals surface area (Å²) in [6.07, 6.45) is 2.53. The second-order valence-electron chi connectivity index (χ2n) is 6.67. The Hall–Kier alpha value is -1.58. The molecular formula is C18H24N2O5S2. The predicted octanol–water partition coefficient (Wildman–Crippen LogP) is 1.97. The van der Waals surface area contributed by atoms with Gasteiger partial charge in [-0.3, -0.25) is 9.59 Å². The second kappa shape index (κ2) is 8.62. The lowest BCUT2D eigenvalue weighted by Crippen LogP contribution is -2.32. The predicted molar refractivity (Wildman–Crippen MR) is 104 cm³/mol. The molecule has 148 valence electrons. The molecular weight excluding hydrogens is 388 g/mol. The molecule has 3 rings (SSSR count). The Morgan fingerprint density at radius 3 is 2.93 bits per heavy atom. The summed E-state index contributed by atoms with van der Waals surface area (Å²) in [6, 6.07) is 4.73. The molecule has 1 fully saturated rings. The maximum Gasteiger partial charge on any atom is 0.237 e. The van der Waals surface area contributed by atoms with E-state index in [1.807, 2.05) is 6.92 Å². The molecule has 0 saturated carbocycles. The van der Waals surface area contributed by atoms with Crippen molar-refractivity contribution in [3.05, 3.63) is 18.2 Å². The third-order valence-corrected chi connectivity index (χ3v) is 7.80. The lowest BCUT2D eigenvalue weighted by molar-refractivity contribution is -0.121. The van der Waals surface area contributed by atoms with Crippen molar-refractivity contribution in [3.8, 4) is 0 Å². The SMILES string of the molecule is CC[C@H]1Sc2ccc(S(=O)(=O)CCC(=O)NC[C@H]3CCCO3)cc2NC1=O. The van der Waals surface area contributed by atoms with Gasteiger partial charge in [-0.1, -0.05) is 6.92 Å². The number of thioether (sulfide) groups is 1. The fraction of sp³-hybridized carbons (Fsp3) is 0.556. The van der Waals surface area contributed by atoms with Crippen molar-refractivity contribution in [2.24, 2.45) is 0 Å². The van der Waals surface area contributed by atoms with Gasteiger partial charge in [-0.15, -0.1) is 11.8 Å². The van der Waals surface area contributed by atoms with Crippen LogP contribution in [0.1, 0.15) is 32.6 Å². The Bertz CT molecular complexity index is 819. The Balaban J connectivity index is 1.59. The molecule has 2 amide bonds. The van der Waals surface area contributed by atoms with Crippen LogP contribution >= 0.6 is 11.8 Å². The van der Waals surface area contributed by atoms with Crippen molar-refractivity contribution in [3.63, 3.8) is 0 Å². The third-order valence-electron chi connectivity index (χ3n) is 4.65. The van der Waals surface area contributed by atoms with Gasteiger partial charge in [-0.2, -0.15) is 0 Å². The summed E-state index contributed by atoms with van der Waals surface area (Å²) in [7, 11) is -3.62. The second-order valence-corrected chi connectivity index (χ2v) is 10.0. The minimum Gasteiger partial charge on any atom is -0.376 e. The maximum atomic E-state index is 12.6. The van der Waals surface area contributed by atoms with E-state index < -0.39 is 9.84 Å². The third kappa shape index (κ3) is 5.03. The largest absolute Gasteiger partial charge is 0.376 e. The lowest BCUT2D eigenvalue weighted by atomic mass is 10.2. The molecule has 2 heterocycles. The number of sulfone groups is 1. The van der Waals surface area contributed by atoms with Gasteiger partial charge < -0.3 is 15.4 Å². The quantitative estimate of drug-likeness (QED) is 0.710. The highest BCUT2D eigenvalue weighted by atomic mass is 32.2. The Labute approximate surface area is 163 Å². The molecule has 1 saturated heterocycles. The average molecular weight is 413 g/mol. The summed E-state index contributed by atoms with van der Waals surface area (Å²) in [5, 5.41) is 5.34. The number of amides is 2. The van der Waals surface area contributed by atoms with Crippen LogP contribution in [0.25, 0.3) is 0 Å². The van der Waals surface area contributed by atoms with Gasteiger partial charge in [0.25, 0.3) is 0 Å². The molecule has 2 aliphatic rings. The lowest BCUT2D eigenvalue weighted by Gasteiger charge is -2.23. The minimum atomic E-state index is -3.62. The van der Waals surface area contributed by atoms with Crippen molar-refractivity contribution in [2.75, 3.05) is 24.2 Å². The topological polar surface area (TPSA) is 102 Å². The molecule has 0 aromatic heterocycles. The first-order valence-corrected chi connectivity index (χ1v) is 11.6. The van der Waals surface area contributed by atoms with E-state index in [-0.39, 0.29) is 40.2 Å². The molecule has 1 aromatic rings. The number of fused-ring (bicyclic) bond motifs is 1. The van der Waals surface area contributed by atoms with E-state index in [0.717, 1.165) is 17.7 Å². The van der Waals surface area contributed by atoms with Gasteiger partial charge in [0.05, 0.1) is 27.7 Å². The summed E-state index contributed by atoms with van der Waals surface area (Å²) < 4.78 is 30.5. The molecule has 27 heavy (non-hydrogen) atoms. The van der Waals surface area contributed by atoms with E-state index in [9.17, 15) is 18.0 Å². The molecule has 2 atom stereocenters. The van der Waals surface area contributed by atoms with Gasteiger partial charge in [-0.05, 0) is 37.5 Å². The molecule has 0 bridgehead atoms. The van der Waals surface area contributed by atoms with Gasteiger partial charge in [0.1, 0.15) is 0 Å². The Morgan fingerprint density at radius 2 is 2.22 bits per heavy atom. The van der Waals surface area contributed by atoms with Gasteiger partial charge >= 0.3 is 0 Å². The van der Waals surface area contributed by atoms with Crippen molar-refractivity contribution < 1.29 is 22.7 Å². The number of rotatable bonds is 7. The van der Waals surface area contributed by atoms with Crippen molar-refractivity contribution in [1.29, 1.82) is 0 Å². The van der Waals surface area contributed by atoms with Gasteiger partial charge in [0.2, 0.25) is 11.8 Å². The van der Waals surface area contributed by atoms with E-state index in [1.165, 1.54) is 23.9 Å². The van der Waals surface area contributed by atoms with Crippen LogP contribution in [0.3, 0.4) is 0 Å². The highest BCUT2D eigenvalue weighted by molar-refractivity contribution is 8.01. The van der Waals surface area contributed by atoms with Crippen LogP contribution in [0, 0.1) is 0 Å². The highest BCUT2D eigenvalue weighted by Crippen LogP contribution is 2.38. The van der Waals surface area contributed by atoms with Crippen LogP contribution in [0.5, 0.6) is 0 Å². The normalized spacial score (nSPS) is 22.2. The van der Waals surface area contributed by atoms with E-state index in [4.69, 9.17) is 4.74 Å². The zero-order chi connectivity index (χ0) is 19.4. The average Bonchev–Trinajstić information content (AvgIpc) is 3.17. The monoisotopic (exact) mass is 412 g/mol. The molecule has 0 spiro atoms. The first-order valence-electron chi connectivity index (χ1n) is 9.11. The number of carbonyl (C=O) groups is 2. The fourth-order valence-corrected chi connectivity index (χ4v) is 5.34. The van der Waals surface area contributed by atoms with Crippen LogP contribution in [-0.2, 0) is 24.2 Å². The van der Waals surface area contributed by atoms with Crippen molar-refractivity contribution in [2.45, 2.75) is 53.8 Å². The molecule has 2 N–H and O–H groups in total. The first kappa shape index (κ1) is 20.2. The summed E-state index contributed by atoms with van der Waals surface area (Å²) in [4.78, 5) is 24.9. The number of benzene rings is 1. The van der Waals surface area contributed by atoms with Crippen LogP contribution in [0.2, 0.25) is 0 Å². The number of ether oxygens (including phenoxy) is 1. The number of anilines is 1. The number of hydrogen-bond donors (Lipinski definition) is 2. The Morgan fingerprint density at radius 1 is 1.41 bits per heavy atom. The zero-order valence-corrected chi connectivity index (χ0v) is 16.8. The molecule has 0 radical (unpaired) electrons. The number of nitrogens with one attached hydrogen (secondary N) is 2. The minimum absolute atomic E-state index is 0.0271. The van der Waals surface area contributed by atoms with E-state index in [2.05, 4.69) is 10.6 Å². The van der Waals surface area contributed by atoms with Gasteiger partial charge in [0, 0.05) is 24.5 Å². The van der Waals surface area contributed by atoms with Crippen molar-refractivity contribution in [1.82, 2.24) is 5.32 Å². The zero-order valence-electron chi connectivity index (χ0n) is 15.2. The van der Waals surface area contributed by atoms with E-state index in [1.54, 1.807) is 6.07 Å². The van der Waals surface area contributed by atoms with Crippen LogP contribution in [-0.4, -0.2) is 50.5 Å². The molecule has 9 heteroatoms. The summed E-state index contributed by atoms with van der Waals surface area (Å²) >= 11 is 1.44. The summed E-state index contributed by atoms with van der Waals surface area (Å²) in [6.45, 7) is 3.06. The number of carbonyl (C=O) groups excluding carboxylic acids is 2. The van der Waals surface area contributed by atoms with Gasteiger partial charge in [0.15, 0.2) is 9.84 Å². The maximum absolute atomic E-state index is 12.6. The summed E-state index contributed by atoms with van der Waals surface area (Å²) in [5.41, 5.74) is 0.513. The highest BCUT2D eigenvalue weighted by Gasteiger charge is 2.27. The molecule has 0 aliphatic carbocycles. The van der Waals surface area contributed by atoms with Crippen molar-refractivity contribution >= 4 is 39.1 Å². The van der Waals surface area contributed by atoms with E-state index in [0.29, 0.717) is 25.3 Å². The Kier molecular flexibility index (Phi) is 6.44. The molecule has 2 aliphatic heterocycles. The first-order chi connectivity index (χ1) is 12.9. The fourth-order valence-electron chi connectivity index (χ4n) is 3.06. The van der Waals surface area contributed by atoms with Crippen LogP contribution in [0.15, 0.2) is 28.0 Å². The molecule has 7 nitrogen and oxygen atoms in total. The smallest absolute Gasteiger partial charge is 0.237 e. The van der Waals surface area contributed by atoms with E-state index >= 15 is 0 Å². The van der Waals surface area contributed by atoms with Gasteiger partial charge in [-0.25, -0.2) is 8.42 Å². The van der Waals surface area contributed by atoms with Crippen LogP contribution < -0.4 is 10.6 Å². The van der Waals surface area contributed by atoms with Crippen LogP contribution in [0.4, 0.5) is 5.69 Å². The standard InChI is InChI=1S/C18H24N2O5S2/c1-2-15-18(22)20-14-10-13(5-6-16(14)26-15)27(23,24)9-7-17(21)19-11-12-4-3-8-25-12/h5-6,10,12,15H,2-4,7-9,11H2,1H3,(H,19,21)(H,20,22)/t12-,15-/m1/s1. The summed E-state index contributed by atoms with van der Waals surface area (Å²) in [5.74, 6) is -0.693. The molecule has 0 unspecified atom stereocenters.